The molecule has 118 valence electrons. The molecule has 3 rings (SSSR count). The summed E-state index contributed by atoms with van der Waals surface area (Å²) in [6.45, 7) is 1.27. The summed E-state index contributed by atoms with van der Waals surface area (Å²) < 4.78 is 1.53. The van der Waals surface area contributed by atoms with Gasteiger partial charge in [-0.2, -0.15) is 0 Å². The fourth-order valence-electron chi connectivity index (χ4n) is 1.82. The largest absolute Gasteiger partial charge is 0.345 e. The molecule has 0 unspecified atom stereocenters. The van der Waals surface area contributed by atoms with Crippen LogP contribution in [0, 0.1) is 0 Å². The van der Waals surface area contributed by atoms with Crippen molar-refractivity contribution in [2.24, 2.45) is 5.73 Å². The van der Waals surface area contributed by atoms with E-state index < -0.39 is 0 Å². The predicted molar refractivity (Wildman–Crippen MR) is 83.4 cm³/mol. The number of carbonyl (C=O) groups is 1. The van der Waals surface area contributed by atoms with E-state index in [9.17, 15) is 4.79 Å². The number of nitrogens with one attached hydrogen (secondary N) is 1. The molecule has 0 atom stereocenters. The summed E-state index contributed by atoms with van der Waals surface area (Å²) in [5.41, 5.74) is 7.13. The zero-order valence-corrected chi connectivity index (χ0v) is 12.9. The smallest absolute Gasteiger partial charge is 0.273 e. The number of thiazole rings is 1. The molecular weight excluding hydrogens is 316 g/mol. The average molecular weight is 330 g/mol. The van der Waals surface area contributed by atoms with Crippen molar-refractivity contribution in [3.63, 3.8) is 0 Å². The molecule has 9 nitrogen and oxygen atoms in total. The molecule has 0 spiro atoms. The van der Waals surface area contributed by atoms with Crippen molar-refractivity contribution in [3.05, 3.63) is 41.6 Å². The molecule has 3 N–H and O–H groups in total. The molecule has 3 heterocycles. The van der Waals surface area contributed by atoms with Crippen molar-refractivity contribution in [1.82, 2.24) is 35.3 Å². The standard InChI is InChI=1S/C13H14N8OS/c14-1-4-21-7-11(19-20-21)12(22)17-5-9-8-23-13(18-9)10-6-15-2-3-16-10/h2-3,6-8H,1,4-5,14H2,(H,17,22). The van der Waals surface area contributed by atoms with E-state index in [1.807, 2.05) is 5.38 Å². The van der Waals surface area contributed by atoms with Crippen molar-refractivity contribution in [3.8, 4) is 10.7 Å². The van der Waals surface area contributed by atoms with E-state index in [-0.39, 0.29) is 11.6 Å². The van der Waals surface area contributed by atoms with E-state index in [1.54, 1.807) is 24.8 Å². The number of nitrogens with zero attached hydrogens (tertiary/aromatic N) is 6. The Kier molecular flexibility index (Phi) is 4.64. The molecule has 0 bridgehead atoms. The lowest BCUT2D eigenvalue weighted by Gasteiger charge is -1.99. The van der Waals surface area contributed by atoms with Gasteiger partial charge in [0.15, 0.2) is 5.69 Å². The van der Waals surface area contributed by atoms with Crippen molar-refractivity contribution < 1.29 is 4.79 Å². The maximum absolute atomic E-state index is 12.0. The molecule has 0 saturated heterocycles. The summed E-state index contributed by atoms with van der Waals surface area (Å²) in [5, 5.41) is 13.0. The molecule has 0 fully saturated rings. The Labute approximate surface area is 135 Å². The second-order valence-electron chi connectivity index (χ2n) is 4.57. The maximum Gasteiger partial charge on any atom is 0.273 e. The predicted octanol–water partition coefficient (Wildman–Crippen LogP) is 0.0803. The van der Waals surface area contributed by atoms with Crippen molar-refractivity contribution >= 4 is 17.2 Å². The molecule has 23 heavy (non-hydrogen) atoms. The normalized spacial score (nSPS) is 10.7. The minimum Gasteiger partial charge on any atom is -0.345 e. The molecule has 3 aromatic heterocycles. The minimum absolute atomic E-state index is 0.253. The Morgan fingerprint density at radius 3 is 3.09 bits per heavy atom. The molecule has 0 aliphatic heterocycles. The Bertz CT molecular complexity index is 784. The van der Waals surface area contributed by atoms with Crippen LogP contribution in [-0.2, 0) is 13.1 Å². The van der Waals surface area contributed by atoms with Crippen LogP contribution in [0.4, 0.5) is 0 Å². The summed E-state index contributed by atoms with van der Waals surface area (Å²) >= 11 is 1.45. The zero-order valence-electron chi connectivity index (χ0n) is 12.1. The first-order valence-electron chi connectivity index (χ1n) is 6.85. The molecular formula is C13H14N8OS. The Morgan fingerprint density at radius 2 is 2.30 bits per heavy atom. The van der Waals surface area contributed by atoms with Crippen LogP contribution in [0.5, 0.6) is 0 Å². The van der Waals surface area contributed by atoms with Gasteiger partial charge in [0.25, 0.3) is 5.91 Å². The van der Waals surface area contributed by atoms with Crippen LogP contribution in [0.3, 0.4) is 0 Å². The van der Waals surface area contributed by atoms with E-state index in [0.29, 0.717) is 25.3 Å². The maximum atomic E-state index is 12.0. The minimum atomic E-state index is -0.303. The highest BCUT2D eigenvalue weighted by atomic mass is 32.1. The van der Waals surface area contributed by atoms with Crippen LogP contribution < -0.4 is 11.1 Å². The molecule has 1 amide bonds. The van der Waals surface area contributed by atoms with Gasteiger partial charge < -0.3 is 11.1 Å². The molecule has 3 aromatic rings. The number of aromatic nitrogens is 6. The second kappa shape index (κ2) is 7.03. The highest BCUT2D eigenvalue weighted by molar-refractivity contribution is 7.13. The van der Waals surface area contributed by atoms with Crippen LogP contribution in [0.2, 0.25) is 0 Å². The number of carbonyl (C=O) groups excluding carboxylic acids is 1. The van der Waals surface area contributed by atoms with Crippen LogP contribution in [-0.4, -0.2) is 42.4 Å². The topological polar surface area (TPSA) is 124 Å². The van der Waals surface area contributed by atoms with Gasteiger partial charge in [0.05, 0.1) is 31.2 Å². The number of hydrogen-bond donors (Lipinski definition) is 2. The number of rotatable bonds is 6. The van der Waals surface area contributed by atoms with Gasteiger partial charge in [0.1, 0.15) is 10.7 Å². The van der Waals surface area contributed by atoms with E-state index in [1.165, 1.54) is 16.0 Å². The van der Waals surface area contributed by atoms with Crippen LogP contribution in [0.15, 0.2) is 30.2 Å². The Hall–Kier alpha value is -2.72. The van der Waals surface area contributed by atoms with Gasteiger partial charge in [0, 0.05) is 24.3 Å². The summed E-state index contributed by atoms with van der Waals surface area (Å²) in [7, 11) is 0. The van der Waals surface area contributed by atoms with E-state index in [4.69, 9.17) is 5.73 Å². The lowest BCUT2D eigenvalue weighted by atomic mass is 10.4. The fourth-order valence-corrected chi connectivity index (χ4v) is 2.60. The van der Waals surface area contributed by atoms with Crippen LogP contribution >= 0.6 is 11.3 Å². The van der Waals surface area contributed by atoms with Crippen LogP contribution in [0.1, 0.15) is 16.2 Å². The first-order valence-corrected chi connectivity index (χ1v) is 7.73. The lowest BCUT2D eigenvalue weighted by molar-refractivity contribution is 0.0945. The molecule has 0 aromatic carbocycles. The SMILES string of the molecule is NCCn1cc(C(=O)NCc2csc(-c3cnccn3)n2)nn1. The molecule has 0 aliphatic carbocycles. The molecule has 0 aliphatic rings. The number of amides is 1. The molecule has 0 radical (unpaired) electrons. The summed E-state index contributed by atoms with van der Waals surface area (Å²) in [5.74, 6) is -0.303. The Morgan fingerprint density at radius 1 is 1.39 bits per heavy atom. The zero-order chi connectivity index (χ0) is 16.1. The lowest BCUT2D eigenvalue weighted by Crippen LogP contribution is -2.23. The Balaban J connectivity index is 1.60. The first kappa shape index (κ1) is 15.2. The summed E-state index contributed by atoms with van der Waals surface area (Å²) in [4.78, 5) is 24.6. The van der Waals surface area contributed by atoms with Crippen molar-refractivity contribution in [1.29, 1.82) is 0 Å². The van der Waals surface area contributed by atoms with Gasteiger partial charge in [0.2, 0.25) is 0 Å². The van der Waals surface area contributed by atoms with E-state index >= 15 is 0 Å². The third-order valence-corrected chi connectivity index (χ3v) is 3.81. The van der Waals surface area contributed by atoms with Crippen molar-refractivity contribution in [2.45, 2.75) is 13.1 Å². The van der Waals surface area contributed by atoms with Gasteiger partial charge in [-0.15, -0.1) is 16.4 Å². The third kappa shape index (κ3) is 3.73. The monoisotopic (exact) mass is 330 g/mol. The number of nitrogens with two attached hydrogens (primary N) is 1. The summed E-state index contributed by atoms with van der Waals surface area (Å²) in [6.07, 6.45) is 6.43. The molecule has 0 saturated carbocycles. The highest BCUT2D eigenvalue weighted by Crippen LogP contribution is 2.20. The summed E-state index contributed by atoms with van der Waals surface area (Å²) in [6, 6.07) is 0. The van der Waals surface area contributed by atoms with Crippen LogP contribution in [0.25, 0.3) is 10.7 Å². The van der Waals surface area contributed by atoms with Crippen molar-refractivity contribution in [2.75, 3.05) is 6.54 Å². The van der Waals surface area contributed by atoms with Gasteiger partial charge in [-0.05, 0) is 0 Å². The third-order valence-electron chi connectivity index (χ3n) is 2.89. The van der Waals surface area contributed by atoms with Gasteiger partial charge in [-0.3, -0.25) is 19.4 Å². The van der Waals surface area contributed by atoms with Gasteiger partial charge in [-0.25, -0.2) is 4.98 Å². The molecule has 10 heteroatoms. The fraction of sp³-hybridized carbons (Fsp3) is 0.231. The average Bonchev–Trinajstić information content (AvgIpc) is 3.23. The number of hydrogen-bond acceptors (Lipinski definition) is 8. The van der Waals surface area contributed by atoms with Gasteiger partial charge >= 0.3 is 0 Å². The van der Waals surface area contributed by atoms with Gasteiger partial charge in [-0.1, -0.05) is 5.21 Å². The van der Waals surface area contributed by atoms with E-state index in [0.717, 1.165) is 10.7 Å². The van der Waals surface area contributed by atoms with E-state index in [2.05, 4.69) is 30.6 Å². The highest BCUT2D eigenvalue weighted by Gasteiger charge is 2.12. The second-order valence-corrected chi connectivity index (χ2v) is 5.43. The quantitative estimate of drug-likeness (QED) is 0.655. The first-order chi connectivity index (χ1) is 11.3.